The molecular formula is C57H53IN2S. The number of alkyl halides is 1. The first-order valence-corrected chi connectivity index (χ1v) is 24.5. The molecule has 1 N–H and O–H groups in total. The molecule has 5 aliphatic carbocycles. The number of hydrogen-bond donors (Lipinski definition) is 1. The van der Waals surface area contributed by atoms with Crippen molar-refractivity contribution in [2.45, 2.75) is 73.7 Å². The van der Waals surface area contributed by atoms with Gasteiger partial charge in [0.1, 0.15) is 0 Å². The first-order chi connectivity index (χ1) is 29.9. The molecule has 6 aromatic rings. The highest BCUT2D eigenvalue weighted by atomic mass is 127. The zero-order chi connectivity index (χ0) is 41.1. The second-order valence-corrected chi connectivity index (χ2v) is 21.1. The van der Waals surface area contributed by atoms with Gasteiger partial charge in [0.25, 0.3) is 0 Å². The maximum absolute atomic E-state index is 3.98. The highest BCUT2D eigenvalue weighted by Gasteiger charge is 2.45. The van der Waals surface area contributed by atoms with Crippen molar-refractivity contribution in [3.8, 4) is 11.1 Å². The topological polar surface area (TPSA) is 15.3 Å². The monoisotopic (exact) mass is 924 g/mol. The van der Waals surface area contributed by atoms with Crippen LogP contribution in [-0.2, 0) is 11.8 Å². The smallest absolute Gasteiger partial charge is 0.0460 e. The van der Waals surface area contributed by atoms with E-state index in [1.54, 1.807) is 0 Å². The zero-order valence-electron chi connectivity index (χ0n) is 35.1. The van der Waals surface area contributed by atoms with Gasteiger partial charge in [-0.1, -0.05) is 164 Å². The van der Waals surface area contributed by atoms with Crippen molar-refractivity contribution in [1.82, 2.24) is 0 Å². The first-order valence-electron chi connectivity index (χ1n) is 22.4. The molecule has 0 radical (unpaired) electrons. The molecule has 61 heavy (non-hydrogen) atoms. The first kappa shape index (κ1) is 39.0. The van der Waals surface area contributed by atoms with E-state index in [1.165, 1.54) is 89.5 Å². The fourth-order valence-corrected chi connectivity index (χ4v) is 14.1. The van der Waals surface area contributed by atoms with E-state index in [0.717, 1.165) is 25.7 Å². The zero-order valence-corrected chi connectivity index (χ0v) is 38.1. The number of anilines is 3. The average molecular weight is 925 g/mol. The summed E-state index contributed by atoms with van der Waals surface area (Å²) < 4.78 is 1.89. The Labute approximate surface area is 379 Å². The maximum atomic E-state index is 3.98. The van der Waals surface area contributed by atoms with Gasteiger partial charge in [-0.3, -0.25) is 0 Å². The summed E-state index contributed by atoms with van der Waals surface area (Å²) in [6.45, 7) is 4.92. The van der Waals surface area contributed by atoms with Gasteiger partial charge in [-0.05, 0) is 143 Å². The van der Waals surface area contributed by atoms with Crippen molar-refractivity contribution in [2.24, 2.45) is 17.8 Å². The molecular weight excluding hydrogens is 872 g/mol. The van der Waals surface area contributed by atoms with Gasteiger partial charge in [-0.2, -0.15) is 0 Å². The van der Waals surface area contributed by atoms with Crippen LogP contribution in [0.5, 0.6) is 0 Å². The van der Waals surface area contributed by atoms with Crippen molar-refractivity contribution >= 4 is 66.6 Å². The number of nitrogens with zero attached hydrogens (tertiary/aromatic N) is 1. The van der Waals surface area contributed by atoms with Gasteiger partial charge >= 0.3 is 0 Å². The van der Waals surface area contributed by atoms with E-state index in [1.807, 2.05) is 11.3 Å². The van der Waals surface area contributed by atoms with E-state index in [4.69, 9.17) is 0 Å². The third-order valence-corrected chi connectivity index (χ3v) is 17.2. The van der Waals surface area contributed by atoms with Crippen molar-refractivity contribution in [3.63, 3.8) is 0 Å². The van der Waals surface area contributed by atoms with Gasteiger partial charge < -0.3 is 10.2 Å². The van der Waals surface area contributed by atoms with Crippen LogP contribution < -0.4 is 10.2 Å². The molecule has 1 fully saturated rings. The summed E-state index contributed by atoms with van der Waals surface area (Å²) >= 11 is 4.81. The van der Waals surface area contributed by atoms with E-state index in [-0.39, 0.29) is 5.41 Å². The molecule has 5 aliphatic rings. The Morgan fingerprint density at radius 2 is 1.49 bits per heavy atom. The van der Waals surface area contributed by atoms with Crippen molar-refractivity contribution < 1.29 is 0 Å². The van der Waals surface area contributed by atoms with Crippen LogP contribution in [0.2, 0.25) is 0 Å². The van der Waals surface area contributed by atoms with Crippen LogP contribution in [-0.4, -0.2) is 9.97 Å². The molecule has 4 heteroatoms. The van der Waals surface area contributed by atoms with Gasteiger partial charge in [-0.15, -0.1) is 11.3 Å². The predicted octanol–water partition coefficient (Wildman–Crippen LogP) is 15.8. The predicted molar refractivity (Wildman–Crippen MR) is 269 cm³/mol. The van der Waals surface area contributed by atoms with Gasteiger partial charge in [-0.25, -0.2) is 0 Å². The molecule has 0 bridgehead atoms. The normalized spacial score (nSPS) is 24.9. The van der Waals surface area contributed by atoms with Gasteiger partial charge in [0.2, 0.25) is 0 Å². The largest absolute Gasteiger partial charge is 0.358 e. The number of thiophene rings is 1. The number of fused-ring (bicyclic) bond motifs is 6. The summed E-state index contributed by atoms with van der Waals surface area (Å²) in [7, 11) is 0. The molecule has 11 rings (SSSR count). The molecule has 0 amide bonds. The lowest BCUT2D eigenvalue weighted by molar-refractivity contribution is 0.274. The Kier molecular flexibility index (Phi) is 10.3. The van der Waals surface area contributed by atoms with E-state index < -0.39 is 0 Å². The van der Waals surface area contributed by atoms with Gasteiger partial charge in [0.05, 0.1) is 0 Å². The molecule has 6 atom stereocenters. The van der Waals surface area contributed by atoms with Crippen LogP contribution in [0.25, 0.3) is 26.8 Å². The minimum Gasteiger partial charge on any atom is -0.358 e. The number of halogens is 1. The third-order valence-electron chi connectivity index (χ3n) is 14.6. The van der Waals surface area contributed by atoms with Crippen LogP contribution in [0, 0.1) is 17.8 Å². The summed E-state index contributed by atoms with van der Waals surface area (Å²) in [5, 5.41) is 5.41. The molecule has 304 valence electrons. The minimum absolute atomic E-state index is 0.0683. The fraction of sp³-hybridized carbons (Fsp3) is 0.263. The molecule has 5 aromatic carbocycles. The Hall–Kier alpha value is -4.91. The molecule has 1 heterocycles. The van der Waals surface area contributed by atoms with E-state index in [2.05, 4.69) is 217 Å². The lowest BCUT2D eigenvalue weighted by atomic mass is 9.73. The molecule has 0 aliphatic heterocycles. The quantitative estimate of drug-likeness (QED) is 0.121. The Morgan fingerprint density at radius 1 is 0.754 bits per heavy atom. The van der Waals surface area contributed by atoms with Crippen LogP contribution >= 0.6 is 33.9 Å². The number of para-hydroxylation sites is 1. The SMILES string of the molecule is CC1(C)c2cc(N(c3ccc(-c4ccccc4)cc3)C3CCC(C4C=CC(C5=CCCc6c5sc5ccccc65)=C(Nc5ccccc5)C4)CC3I)ccc2C2C=CC=CC21. The summed E-state index contributed by atoms with van der Waals surface area (Å²) in [5.74, 6) is 2.06. The lowest BCUT2D eigenvalue weighted by Crippen LogP contribution is -2.43. The number of hydrogen-bond acceptors (Lipinski definition) is 3. The highest BCUT2D eigenvalue weighted by molar-refractivity contribution is 14.1. The number of aryl methyl sites for hydroxylation is 1. The summed E-state index contributed by atoms with van der Waals surface area (Å²) in [6.07, 6.45) is 23.8. The van der Waals surface area contributed by atoms with Crippen molar-refractivity contribution in [3.05, 3.63) is 203 Å². The average Bonchev–Trinajstić information content (AvgIpc) is 3.80. The second kappa shape index (κ2) is 16.1. The van der Waals surface area contributed by atoms with E-state index >= 15 is 0 Å². The highest BCUT2D eigenvalue weighted by Crippen LogP contribution is 2.55. The maximum Gasteiger partial charge on any atom is 0.0460 e. The Bertz CT molecular complexity index is 2750. The number of nitrogens with one attached hydrogen (secondary N) is 1. The summed E-state index contributed by atoms with van der Waals surface area (Å²) in [5.41, 5.74) is 15.1. The van der Waals surface area contributed by atoms with Crippen molar-refractivity contribution in [2.75, 3.05) is 10.2 Å². The minimum atomic E-state index is 0.0683. The molecule has 6 unspecified atom stereocenters. The van der Waals surface area contributed by atoms with Crippen LogP contribution in [0.1, 0.15) is 73.4 Å². The van der Waals surface area contributed by atoms with E-state index in [9.17, 15) is 0 Å². The molecule has 0 spiro atoms. The number of benzene rings is 5. The van der Waals surface area contributed by atoms with Crippen LogP contribution in [0.15, 0.2) is 181 Å². The molecule has 0 saturated heterocycles. The lowest BCUT2D eigenvalue weighted by Gasteiger charge is -2.44. The second-order valence-electron chi connectivity index (χ2n) is 18.4. The Balaban J connectivity index is 0.901. The number of allylic oxidation sites excluding steroid dienone is 10. The van der Waals surface area contributed by atoms with Crippen LogP contribution in [0.3, 0.4) is 0 Å². The molecule has 1 saturated carbocycles. The fourth-order valence-electron chi connectivity index (χ4n) is 11.5. The standard InChI is InChI=1S/C57H53IN2S/c1-57(2)50-22-11-9-18-44(50)45-32-30-43(36-51(45)57)60(42-28-24-38(25-29-42)37-14-5-3-6-15-37)54-33-27-39(34-52(54)58)40-26-31-46(53(35-40)59-41-16-7-4-8-17-41)48-20-13-21-49-47-19-10-12-23-55(47)61-56(48)49/h3-12,14-20,22-26,28-32,36,39-40,44,50,52,54,59H,13,21,27,33-35H2,1-2H3. The third kappa shape index (κ3) is 7.08. The van der Waals surface area contributed by atoms with E-state index in [0.29, 0.717) is 33.6 Å². The number of rotatable bonds is 8. The molecule has 2 nitrogen and oxygen atoms in total. The van der Waals surface area contributed by atoms with Crippen LogP contribution in [0.4, 0.5) is 17.1 Å². The molecule has 1 aromatic heterocycles. The van der Waals surface area contributed by atoms with Gasteiger partial charge in [0.15, 0.2) is 0 Å². The van der Waals surface area contributed by atoms with Gasteiger partial charge in [0, 0.05) is 53.8 Å². The summed E-state index contributed by atoms with van der Waals surface area (Å²) in [6, 6.07) is 47.9. The Morgan fingerprint density at radius 3 is 2.31 bits per heavy atom. The summed E-state index contributed by atoms with van der Waals surface area (Å²) in [4.78, 5) is 4.19. The van der Waals surface area contributed by atoms with Crippen molar-refractivity contribution in [1.29, 1.82) is 0 Å².